The molecule has 1 aromatic heterocycles. The van der Waals surface area contributed by atoms with E-state index in [2.05, 4.69) is 16.1 Å². The molecule has 0 unspecified atom stereocenters. The Morgan fingerprint density at radius 1 is 0.974 bits per heavy atom. The molecule has 12 heteroatoms. The van der Waals surface area contributed by atoms with E-state index in [1.165, 1.54) is 0 Å². The number of sulfonamides is 1. The smallest absolute Gasteiger partial charge is 0.343 e. The Morgan fingerprint density at radius 3 is 2.28 bits per heavy atom. The number of hydrogen-bond donors (Lipinski definition) is 4. The first-order valence-electron chi connectivity index (χ1n) is 12.1. The SMILES string of the molecule is CC(C)(C)c1cc(NC(=O)Nc2ccccc2)n(-c2cc(CNN(C(N)=O)S(C)(=O)=O)c3ccccc3c2)n1. The number of carbonyl (C=O) groups excluding carboxylic acids is 2. The van der Waals surface area contributed by atoms with Crippen LogP contribution >= 0.6 is 0 Å². The fourth-order valence-corrected chi connectivity index (χ4v) is 4.62. The normalized spacial score (nSPS) is 11.8. The Hall–Kier alpha value is -4.42. The van der Waals surface area contributed by atoms with Crippen LogP contribution in [0.1, 0.15) is 32.0 Å². The second-order valence-electron chi connectivity index (χ2n) is 10.0. The van der Waals surface area contributed by atoms with Crippen LogP contribution < -0.4 is 21.8 Å². The molecule has 204 valence electrons. The Kier molecular flexibility index (Phi) is 7.61. The molecule has 0 spiro atoms. The first-order valence-corrected chi connectivity index (χ1v) is 14.0. The van der Waals surface area contributed by atoms with E-state index < -0.39 is 22.1 Å². The molecule has 1 heterocycles. The van der Waals surface area contributed by atoms with Crippen molar-refractivity contribution in [1.82, 2.24) is 19.6 Å². The van der Waals surface area contributed by atoms with Crippen molar-refractivity contribution >= 4 is 44.4 Å². The zero-order valence-electron chi connectivity index (χ0n) is 22.1. The quantitative estimate of drug-likeness (QED) is 0.252. The van der Waals surface area contributed by atoms with Gasteiger partial charge in [-0.25, -0.2) is 28.1 Å². The average Bonchev–Trinajstić information content (AvgIpc) is 3.27. The van der Waals surface area contributed by atoms with Crippen LogP contribution in [-0.2, 0) is 22.0 Å². The third-order valence-corrected chi connectivity index (χ3v) is 6.85. The summed E-state index contributed by atoms with van der Waals surface area (Å²) in [6, 6.07) is 20.6. The number of nitrogens with one attached hydrogen (secondary N) is 3. The Bertz CT molecular complexity index is 1630. The van der Waals surface area contributed by atoms with Crippen LogP contribution in [0.3, 0.4) is 0 Å². The zero-order valence-corrected chi connectivity index (χ0v) is 22.9. The summed E-state index contributed by atoms with van der Waals surface area (Å²) < 4.78 is 26.1. The van der Waals surface area contributed by atoms with E-state index in [1.807, 2.05) is 81.4 Å². The lowest BCUT2D eigenvalue weighted by molar-refractivity contribution is 0.219. The molecule has 5 N–H and O–H groups in total. The molecule has 4 rings (SSSR count). The molecule has 3 aromatic carbocycles. The van der Waals surface area contributed by atoms with E-state index in [0.717, 1.165) is 22.7 Å². The number of primary amides is 1. The van der Waals surface area contributed by atoms with E-state index in [4.69, 9.17) is 10.8 Å². The maximum absolute atomic E-state index is 12.9. The van der Waals surface area contributed by atoms with Crippen LogP contribution in [0.4, 0.5) is 21.1 Å². The number of urea groups is 2. The van der Waals surface area contributed by atoms with Gasteiger partial charge in [0.15, 0.2) is 0 Å². The van der Waals surface area contributed by atoms with Crippen molar-refractivity contribution in [2.45, 2.75) is 32.7 Å². The van der Waals surface area contributed by atoms with Gasteiger partial charge in [0, 0.05) is 23.7 Å². The lowest BCUT2D eigenvalue weighted by Gasteiger charge is -2.20. The molecule has 0 aliphatic carbocycles. The number of amides is 4. The minimum Gasteiger partial charge on any atom is -0.350 e. The van der Waals surface area contributed by atoms with E-state index in [-0.39, 0.29) is 12.0 Å². The minimum absolute atomic E-state index is 0.0188. The summed E-state index contributed by atoms with van der Waals surface area (Å²) >= 11 is 0. The van der Waals surface area contributed by atoms with E-state index in [1.54, 1.807) is 16.8 Å². The average molecular weight is 550 g/mol. The summed E-state index contributed by atoms with van der Waals surface area (Å²) in [4.78, 5) is 24.6. The van der Waals surface area contributed by atoms with Crippen molar-refractivity contribution in [3.05, 3.63) is 84.1 Å². The topological polar surface area (TPSA) is 151 Å². The number of carbonyl (C=O) groups is 2. The molecule has 0 saturated carbocycles. The van der Waals surface area contributed by atoms with Crippen molar-refractivity contribution in [2.75, 3.05) is 16.9 Å². The van der Waals surface area contributed by atoms with Crippen LogP contribution in [0.2, 0.25) is 0 Å². The van der Waals surface area contributed by atoms with Crippen LogP contribution in [0.25, 0.3) is 16.5 Å². The highest BCUT2D eigenvalue weighted by atomic mass is 32.2. The molecule has 4 amide bonds. The van der Waals surface area contributed by atoms with Gasteiger partial charge in [-0.15, -0.1) is 4.41 Å². The maximum atomic E-state index is 12.9. The van der Waals surface area contributed by atoms with Crippen LogP contribution in [-0.4, -0.2) is 40.9 Å². The number of benzene rings is 3. The number of nitrogens with two attached hydrogens (primary N) is 1. The molecule has 0 aliphatic heterocycles. The summed E-state index contributed by atoms with van der Waals surface area (Å²) in [6.45, 7) is 6.04. The molecule has 0 saturated heterocycles. The lowest BCUT2D eigenvalue weighted by atomic mass is 9.92. The number of rotatable bonds is 7. The predicted octanol–water partition coefficient (Wildman–Crippen LogP) is 4.31. The van der Waals surface area contributed by atoms with Crippen molar-refractivity contribution in [1.29, 1.82) is 0 Å². The number of anilines is 2. The number of para-hydroxylation sites is 1. The minimum atomic E-state index is -3.93. The number of nitrogens with zero attached hydrogens (tertiary/aromatic N) is 3. The van der Waals surface area contributed by atoms with Crippen molar-refractivity contribution < 1.29 is 18.0 Å². The van der Waals surface area contributed by atoms with Gasteiger partial charge in [0.1, 0.15) is 5.82 Å². The van der Waals surface area contributed by atoms with Gasteiger partial charge in [0.2, 0.25) is 10.0 Å². The van der Waals surface area contributed by atoms with Crippen molar-refractivity contribution in [3.8, 4) is 5.69 Å². The molecule has 0 atom stereocenters. The zero-order chi connectivity index (χ0) is 28.4. The fourth-order valence-electron chi connectivity index (χ4n) is 3.99. The Balaban J connectivity index is 1.76. The van der Waals surface area contributed by atoms with Crippen LogP contribution in [0.15, 0.2) is 72.8 Å². The van der Waals surface area contributed by atoms with Crippen molar-refractivity contribution in [2.24, 2.45) is 5.73 Å². The summed E-state index contributed by atoms with van der Waals surface area (Å²) in [5, 5.41) is 12.2. The van der Waals surface area contributed by atoms with Crippen LogP contribution in [0, 0.1) is 0 Å². The second kappa shape index (κ2) is 10.8. The summed E-state index contributed by atoms with van der Waals surface area (Å²) in [7, 11) is -3.93. The molecule has 0 bridgehead atoms. The summed E-state index contributed by atoms with van der Waals surface area (Å²) in [6.07, 6.45) is 0.884. The lowest BCUT2D eigenvalue weighted by Crippen LogP contribution is -2.48. The third kappa shape index (κ3) is 6.54. The van der Waals surface area contributed by atoms with E-state index >= 15 is 0 Å². The Morgan fingerprint density at radius 2 is 1.64 bits per heavy atom. The molecule has 39 heavy (non-hydrogen) atoms. The largest absolute Gasteiger partial charge is 0.350 e. The molecular weight excluding hydrogens is 518 g/mol. The summed E-state index contributed by atoms with van der Waals surface area (Å²) in [5.41, 5.74) is 10.3. The van der Waals surface area contributed by atoms with Gasteiger partial charge in [-0.2, -0.15) is 5.10 Å². The van der Waals surface area contributed by atoms with Crippen molar-refractivity contribution in [3.63, 3.8) is 0 Å². The highest BCUT2D eigenvalue weighted by molar-refractivity contribution is 7.88. The number of aromatic nitrogens is 2. The summed E-state index contributed by atoms with van der Waals surface area (Å²) in [5.74, 6) is 0.442. The highest BCUT2D eigenvalue weighted by Gasteiger charge is 2.23. The maximum Gasteiger partial charge on any atom is 0.343 e. The van der Waals surface area contributed by atoms with Gasteiger partial charge < -0.3 is 11.1 Å². The van der Waals surface area contributed by atoms with Gasteiger partial charge >= 0.3 is 12.1 Å². The second-order valence-corrected chi connectivity index (χ2v) is 11.9. The van der Waals surface area contributed by atoms with E-state index in [9.17, 15) is 18.0 Å². The molecule has 4 aromatic rings. The first kappa shape index (κ1) is 27.6. The first-order chi connectivity index (χ1) is 18.3. The van der Waals surface area contributed by atoms with Gasteiger partial charge in [-0.05, 0) is 40.6 Å². The molecule has 0 aliphatic rings. The molecular formula is C27H31N7O4S. The van der Waals surface area contributed by atoms with Gasteiger partial charge in [0.25, 0.3) is 0 Å². The van der Waals surface area contributed by atoms with Gasteiger partial charge in [-0.1, -0.05) is 63.2 Å². The molecule has 11 nitrogen and oxygen atoms in total. The third-order valence-electron chi connectivity index (χ3n) is 5.87. The number of hydrogen-bond acceptors (Lipinski definition) is 6. The van der Waals surface area contributed by atoms with Gasteiger partial charge in [-0.3, -0.25) is 5.32 Å². The molecule has 0 fully saturated rings. The number of hydrazine groups is 1. The van der Waals surface area contributed by atoms with E-state index in [0.29, 0.717) is 27.2 Å². The van der Waals surface area contributed by atoms with Crippen LogP contribution in [0.5, 0.6) is 0 Å². The highest BCUT2D eigenvalue weighted by Crippen LogP contribution is 2.29. The molecule has 0 radical (unpaired) electrons. The standard InChI is InChI=1S/C27H31N7O4S/c1-27(2,3)23-16-24(31-26(36)30-20-11-6-5-7-12-20)33(32-23)21-14-18-10-8-9-13-22(18)19(15-21)17-29-34(25(28)35)39(4,37)38/h5-16,29H,17H2,1-4H3,(H2,28,35)(H2,30,31,36). The number of fused-ring (bicyclic) bond motifs is 1. The van der Waals surface area contributed by atoms with Gasteiger partial charge in [0.05, 0.1) is 17.6 Å². The fraction of sp³-hybridized carbons (Fsp3) is 0.222. The predicted molar refractivity (Wildman–Crippen MR) is 152 cm³/mol. The monoisotopic (exact) mass is 549 g/mol. The Labute approximate surface area is 227 Å².